The third-order valence-corrected chi connectivity index (χ3v) is 23.1. The smallest absolute Gasteiger partial charge is 0.0540 e. The van der Waals surface area contributed by atoms with Gasteiger partial charge in [0.15, 0.2) is 0 Å². The van der Waals surface area contributed by atoms with Crippen LogP contribution >= 0.6 is 0 Å². The molecule has 0 radical (unpaired) electrons. The Morgan fingerprint density at radius 1 is 0.119 bits per heavy atom. The molecule has 0 bridgehead atoms. The van der Waals surface area contributed by atoms with Crippen LogP contribution < -0.4 is 9.80 Å². The van der Waals surface area contributed by atoms with Gasteiger partial charge < -0.3 is 9.80 Å². The van der Waals surface area contributed by atoms with Gasteiger partial charge >= 0.3 is 0 Å². The summed E-state index contributed by atoms with van der Waals surface area (Å²) in [6.07, 6.45) is 0. The molecule has 0 N–H and O–H groups in total. The summed E-state index contributed by atoms with van der Waals surface area (Å²) in [7, 11) is 0. The van der Waals surface area contributed by atoms with Crippen molar-refractivity contribution in [3.63, 3.8) is 0 Å². The van der Waals surface area contributed by atoms with E-state index in [0.717, 1.165) is 129 Å². The number of anilines is 6. The average molecular weight is 1500 g/mol. The van der Waals surface area contributed by atoms with E-state index in [2.05, 4.69) is 495 Å². The van der Waals surface area contributed by atoms with Crippen LogP contribution in [0.25, 0.3) is 166 Å². The number of hydrogen-bond acceptors (Lipinski definition) is 2. The van der Waals surface area contributed by atoms with Gasteiger partial charge in [-0.15, -0.1) is 0 Å². The molecular weight excluding hydrogens is 1420 g/mol. The molecule has 0 aromatic heterocycles. The minimum Gasteiger partial charge on any atom is -0.309 e. The first-order valence-electron chi connectivity index (χ1n) is 40.6. The van der Waals surface area contributed by atoms with Crippen molar-refractivity contribution < 1.29 is 0 Å². The molecule has 0 aliphatic heterocycles. The van der Waals surface area contributed by atoms with Crippen molar-refractivity contribution in [2.45, 2.75) is 0 Å². The lowest BCUT2D eigenvalue weighted by Gasteiger charge is -2.31. The van der Waals surface area contributed by atoms with Crippen molar-refractivity contribution in [2.75, 3.05) is 9.80 Å². The maximum Gasteiger partial charge on any atom is 0.0540 e. The van der Waals surface area contributed by atoms with E-state index in [1.54, 1.807) is 0 Å². The number of hydrogen-bond donors (Lipinski definition) is 0. The Hall–Kier alpha value is -15.5. The fourth-order valence-corrected chi connectivity index (χ4v) is 17.3. The van der Waals surface area contributed by atoms with E-state index < -0.39 is 0 Å². The minimum absolute atomic E-state index is 1.04. The van der Waals surface area contributed by atoms with Crippen molar-refractivity contribution in [3.8, 4) is 145 Å². The van der Waals surface area contributed by atoms with Gasteiger partial charge in [0, 0.05) is 33.6 Å². The standard InChI is InChI=1S/C116H80N2/c1-8-29-81(30-9-1)83-55-57-93(58-56-83)103-47-26-27-50-111(103)117(101-68-59-94(60-69-101)115-104-48-24-22-43-91(104)63-72-106(115)86-33-12-3-13-34-86)112-75-66-99(79-109(112)89-39-18-6-19-40-89)85-53-51-84(52-54-85)96-45-28-46-97(77-96)100-67-76-114(110(80-100)90-41-20-7-21-42-90)118(113-74-65-98(82-31-10-2-11-32-82)78-108(113)88-37-16-5-17-38-88)102-70-61-95(62-71-102)116-105-49-25-23-44-92(105)64-73-107(116)87-35-14-4-15-36-87/h1-80H. The molecule has 554 valence electrons. The molecule has 0 amide bonds. The number of para-hydroxylation sites is 1. The Morgan fingerprint density at radius 2 is 0.356 bits per heavy atom. The zero-order valence-corrected chi connectivity index (χ0v) is 65.1. The van der Waals surface area contributed by atoms with Crippen molar-refractivity contribution >= 4 is 55.7 Å². The summed E-state index contributed by atoms with van der Waals surface area (Å²) in [5.74, 6) is 0. The lowest BCUT2D eigenvalue weighted by molar-refractivity contribution is 1.28. The summed E-state index contributed by atoms with van der Waals surface area (Å²) in [5, 5.41) is 4.86. The lowest BCUT2D eigenvalue weighted by atomic mass is 9.89. The normalized spacial score (nSPS) is 11.2. The highest BCUT2D eigenvalue weighted by molar-refractivity contribution is 6.07. The molecule has 20 aromatic rings. The third-order valence-electron chi connectivity index (χ3n) is 23.1. The third kappa shape index (κ3) is 14.2. The van der Waals surface area contributed by atoms with Gasteiger partial charge in [-0.1, -0.05) is 413 Å². The summed E-state index contributed by atoms with van der Waals surface area (Å²) < 4.78 is 0. The monoisotopic (exact) mass is 1500 g/mol. The Balaban J connectivity index is 0.678. The van der Waals surface area contributed by atoms with E-state index in [9.17, 15) is 0 Å². The largest absolute Gasteiger partial charge is 0.309 e. The molecular formula is C116H80N2. The van der Waals surface area contributed by atoms with E-state index in [0.29, 0.717) is 0 Å². The van der Waals surface area contributed by atoms with Crippen LogP contribution in [-0.2, 0) is 0 Å². The van der Waals surface area contributed by atoms with Gasteiger partial charge in [0.2, 0.25) is 0 Å². The maximum absolute atomic E-state index is 2.48. The highest BCUT2D eigenvalue weighted by Crippen LogP contribution is 2.51. The van der Waals surface area contributed by atoms with E-state index in [1.807, 2.05) is 0 Å². The van der Waals surface area contributed by atoms with Crippen LogP contribution in [0.5, 0.6) is 0 Å². The number of rotatable bonds is 19. The first-order chi connectivity index (χ1) is 58.5. The maximum atomic E-state index is 2.48. The van der Waals surface area contributed by atoms with E-state index in [-0.39, 0.29) is 0 Å². The van der Waals surface area contributed by atoms with Crippen molar-refractivity contribution in [3.05, 3.63) is 485 Å². The van der Waals surface area contributed by atoms with Crippen LogP contribution in [0.4, 0.5) is 34.1 Å². The van der Waals surface area contributed by atoms with Crippen molar-refractivity contribution in [2.24, 2.45) is 0 Å². The SMILES string of the molecule is c1ccc(-c2ccc(-c3ccccc3N(c3ccc(-c4c(-c5ccccc5)ccc5ccccc45)cc3)c3ccc(-c4ccc(-c5cccc(-c6ccc(N(c7ccc(-c8c(-c9ccccc9)ccc9ccccc89)cc7)c7ccc(-c8ccccc8)cc7-c7ccccc7)c(-c7ccccc7)c6)c5)cc4)cc3-c3ccccc3)cc2)cc1. The Morgan fingerprint density at radius 3 is 0.746 bits per heavy atom. The lowest BCUT2D eigenvalue weighted by Crippen LogP contribution is -2.13. The summed E-state index contributed by atoms with van der Waals surface area (Å²) in [6.45, 7) is 0. The van der Waals surface area contributed by atoms with Crippen LogP contribution in [0, 0.1) is 0 Å². The van der Waals surface area contributed by atoms with Crippen LogP contribution in [0.2, 0.25) is 0 Å². The van der Waals surface area contributed by atoms with Crippen LogP contribution in [0.1, 0.15) is 0 Å². The molecule has 0 atom stereocenters. The summed E-state index contributed by atoms with van der Waals surface area (Å²) in [6, 6.07) is 178. The highest BCUT2D eigenvalue weighted by Gasteiger charge is 2.26. The second-order valence-electron chi connectivity index (χ2n) is 30.2. The Bertz CT molecular complexity index is 6950. The minimum atomic E-state index is 1.04. The van der Waals surface area contributed by atoms with E-state index in [1.165, 1.54) is 71.6 Å². The van der Waals surface area contributed by atoms with Gasteiger partial charge in [-0.25, -0.2) is 0 Å². The summed E-state index contributed by atoms with van der Waals surface area (Å²) >= 11 is 0. The van der Waals surface area contributed by atoms with Crippen molar-refractivity contribution in [1.82, 2.24) is 0 Å². The Labute approximate surface area is 690 Å². The zero-order chi connectivity index (χ0) is 78.5. The number of fused-ring (bicyclic) bond motifs is 2. The Kier molecular flexibility index (Phi) is 19.5. The van der Waals surface area contributed by atoms with E-state index in [4.69, 9.17) is 0 Å². The fourth-order valence-electron chi connectivity index (χ4n) is 17.3. The molecule has 0 aliphatic carbocycles. The first-order valence-corrected chi connectivity index (χ1v) is 40.6. The van der Waals surface area contributed by atoms with Gasteiger partial charge in [0.05, 0.1) is 22.7 Å². The van der Waals surface area contributed by atoms with Gasteiger partial charge in [-0.05, 0) is 217 Å². The van der Waals surface area contributed by atoms with Gasteiger partial charge in [-0.2, -0.15) is 0 Å². The predicted octanol–water partition coefficient (Wildman–Crippen LogP) is 32.6. The predicted molar refractivity (Wildman–Crippen MR) is 501 cm³/mol. The highest BCUT2D eigenvalue weighted by atomic mass is 15.2. The van der Waals surface area contributed by atoms with Gasteiger partial charge in [0.1, 0.15) is 0 Å². The molecule has 20 aromatic carbocycles. The summed E-state index contributed by atoms with van der Waals surface area (Å²) in [4.78, 5) is 4.96. The zero-order valence-electron chi connectivity index (χ0n) is 65.1. The molecule has 118 heavy (non-hydrogen) atoms. The molecule has 2 nitrogen and oxygen atoms in total. The number of nitrogens with zero attached hydrogens (tertiary/aromatic N) is 2. The quantitative estimate of drug-likeness (QED) is 0.0796. The van der Waals surface area contributed by atoms with Gasteiger partial charge in [-0.3, -0.25) is 0 Å². The second kappa shape index (κ2) is 32.2. The molecule has 0 unspecified atom stereocenters. The fraction of sp³-hybridized carbons (Fsp3) is 0. The van der Waals surface area contributed by atoms with Crippen LogP contribution in [0.3, 0.4) is 0 Å². The average Bonchev–Trinajstić information content (AvgIpc) is 0.763. The first kappa shape index (κ1) is 71.6. The molecule has 0 spiro atoms. The van der Waals surface area contributed by atoms with Gasteiger partial charge in [0.25, 0.3) is 0 Å². The van der Waals surface area contributed by atoms with Crippen molar-refractivity contribution in [1.29, 1.82) is 0 Å². The topological polar surface area (TPSA) is 6.48 Å². The summed E-state index contributed by atoms with van der Waals surface area (Å²) in [5.41, 5.74) is 36.3. The van der Waals surface area contributed by atoms with Crippen LogP contribution in [0.15, 0.2) is 485 Å². The molecule has 0 fully saturated rings. The number of benzene rings is 20. The molecule has 0 aliphatic rings. The molecule has 0 heterocycles. The molecule has 0 saturated heterocycles. The van der Waals surface area contributed by atoms with Crippen LogP contribution in [-0.4, -0.2) is 0 Å². The molecule has 20 rings (SSSR count). The molecule has 0 saturated carbocycles. The second-order valence-corrected chi connectivity index (χ2v) is 30.2. The van der Waals surface area contributed by atoms with E-state index >= 15 is 0 Å². The molecule has 2 heteroatoms.